The van der Waals surface area contributed by atoms with Crippen LogP contribution in [0.2, 0.25) is 0 Å². The van der Waals surface area contributed by atoms with Gasteiger partial charge in [-0.15, -0.1) is 0 Å². The van der Waals surface area contributed by atoms with Crippen LogP contribution in [0.15, 0.2) is 28.8 Å². The van der Waals surface area contributed by atoms with Crippen molar-refractivity contribution in [1.29, 1.82) is 0 Å². The molecule has 1 N–H and O–H groups in total. The van der Waals surface area contributed by atoms with E-state index >= 15 is 0 Å². The maximum absolute atomic E-state index is 12.1. The van der Waals surface area contributed by atoms with Crippen LogP contribution in [0.1, 0.15) is 43.0 Å². The second-order valence-electron chi connectivity index (χ2n) is 6.05. The summed E-state index contributed by atoms with van der Waals surface area (Å²) in [7, 11) is 0. The Kier molecular flexibility index (Phi) is 3.83. The molecule has 0 unspecified atom stereocenters. The number of urea groups is 1. The Labute approximate surface area is 129 Å². The highest BCUT2D eigenvalue weighted by molar-refractivity contribution is 5.90. The van der Waals surface area contributed by atoms with E-state index in [1.165, 1.54) is 0 Å². The maximum atomic E-state index is 12.1. The summed E-state index contributed by atoms with van der Waals surface area (Å²) in [4.78, 5) is 18.3. The van der Waals surface area contributed by atoms with Crippen molar-refractivity contribution in [2.45, 2.75) is 32.6 Å². The molecule has 2 amide bonds. The molecule has 22 heavy (non-hydrogen) atoms. The molecule has 6 heteroatoms. The number of aromatic nitrogens is 2. The Morgan fingerprint density at radius 2 is 2.18 bits per heavy atom. The lowest BCUT2D eigenvalue weighted by Gasteiger charge is -2.36. The lowest BCUT2D eigenvalue weighted by molar-refractivity contribution is 0.147. The molecule has 2 heterocycles. The number of carbonyl (C=O) groups excluding carboxylic acids is 1. The molecule has 1 aliphatic rings. The molecule has 1 aliphatic heterocycles. The van der Waals surface area contributed by atoms with E-state index < -0.39 is 0 Å². The number of likely N-dealkylation sites (tertiary alicyclic amines) is 1. The van der Waals surface area contributed by atoms with Crippen molar-refractivity contribution < 1.29 is 9.32 Å². The van der Waals surface area contributed by atoms with Crippen molar-refractivity contribution >= 4 is 11.7 Å². The third-order valence-electron chi connectivity index (χ3n) is 3.76. The van der Waals surface area contributed by atoms with Gasteiger partial charge in [0.05, 0.1) is 5.92 Å². The molecular weight excluding hydrogens is 280 g/mol. The molecule has 3 rings (SSSR count). The largest absolute Gasteiger partial charge is 0.339 e. The van der Waals surface area contributed by atoms with Crippen LogP contribution in [0.5, 0.6) is 0 Å². The van der Waals surface area contributed by atoms with Gasteiger partial charge in [-0.2, -0.15) is 4.98 Å². The van der Waals surface area contributed by atoms with E-state index in [9.17, 15) is 4.79 Å². The zero-order valence-electron chi connectivity index (χ0n) is 13.0. The summed E-state index contributed by atoms with van der Waals surface area (Å²) in [5.74, 6) is 1.74. The first-order valence-electron chi connectivity index (χ1n) is 7.49. The van der Waals surface area contributed by atoms with Crippen molar-refractivity contribution in [3.63, 3.8) is 0 Å². The number of benzene rings is 1. The zero-order valence-corrected chi connectivity index (χ0v) is 13.0. The van der Waals surface area contributed by atoms with E-state index in [0.29, 0.717) is 19.0 Å². The monoisotopic (exact) mass is 300 g/mol. The number of amides is 2. The fraction of sp³-hybridized carbons (Fsp3) is 0.438. The first kappa shape index (κ1) is 14.6. The van der Waals surface area contributed by atoms with E-state index in [1.807, 2.05) is 45.0 Å². The summed E-state index contributed by atoms with van der Waals surface area (Å²) in [5.41, 5.74) is 1.93. The predicted octanol–water partition coefficient (Wildman–Crippen LogP) is 3.13. The minimum absolute atomic E-state index is 0.0922. The molecule has 1 saturated heterocycles. The van der Waals surface area contributed by atoms with Crippen LogP contribution in [0.25, 0.3) is 0 Å². The summed E-state index contributed by atoms with van der Waals surface area (Å²) < 4.78 is 5.27. The van der Waals surface area contributed by atoms with Crippen molar-refractivity contribution in [2.24, 2.45) is 0 Å². The minimum Gasteiger partial charge on any atom is -0.339 e. The molecule has 6 nitrogen and oxygen atoms in total. The quantitative estimate of drug-likeness (QED) is 0.945. The molecule has 0 saturated carbocycles. The number of nitrogens with zero attached hydrogens (tertiary/aromatic N) is 3. The molecule has 2 aromatic rings. The Morgan fingerprint density at radius 3 is 2.82 bits per heavy atom. The van der Waals surface area contributed by atoms with Gasteiger partial charge in [0.1, 0.15) is 0 Å². The van der Waals surface area contributed by atoms with Gasteiger partial charge in [0.25, 0.3) is 0 Å². The van der Waals surface area contributed by atoms with Gasteiger partial charge in [-0.25, -0.2) is 4.79 Å². The Hall–Kier alpha value is -2.37. The van der Waals surface area contributed by atoms with Crippen LogP contribution in [0.4, 0.5) is 10.5 Å². The first-order valence-corrected chi connectivity index (χ1v) is 7.49. The standard InChI is InChI=1S/C16H20N4O2/c1-10(2)14-18-15(22-19-14)12-8-20(9-12)16(21)17-13-6-4-5-11(3)7-13/h4-7,10,12H,8-9H2,1-3H3,(H,17,21). The SMILES string of the molecule is Cc1cccc(NC(=O)N2CC(c3nc(C(C)C)no3)C2)c1. The highest BCUT2D eigenvalue weighted by Gasteiger charge is 2.35. The number of hydrogen-bond donors (Lipinski definition) is 1. The fourth-order valence-electron chi connectivity index (χ4n) is 2.37. The molecule has 1 aromatic heterocycles. The molecule has 0 atom stereocenters. The van der Waals surface area contributed by atoms with Gasteiger partial charge in [-0.3, -0.25) is 0 Å². The van der Waals surface area contributed by atoms with E-state index in [-0.39, 0.29) is 17.9 Å². The van der Waals surface area contributed by atoms with E-state index in [4.69, 9.17) is 4.52 Å². The number of aryl methyl sites for hydroxylation is 1. The lowest BCUT2D eigenvalue weighted by Crippen LogP contribution is -2.50. The lowest BCUT2D eigenvalue weighted by atomic mass is 10.0. The van der Waals surface area contributed by atoms with Crippen LogP contribution >= 0.6 is 0 Å². The topological polar surface area (TPSA) is 71.3 Å². The first-order chi connectivity index (χ1) is 10.5. The number of rotatable bonds is 3. The highest BCUT2D eigenvalue weighted by atomic mass is 16.5. The molecule has 0 bridgehead atoms. The fourth-order valence-corrected chi connectivity index (χ4v) is 2.37. The van der Waals surface area contributed by atoms with E-state index in [2.05, 4.69) is 15.5 Å². The van der Waals surface area contributed by atoms with Crippen LogP contribution in [0, 0.1) is 6.92 Å². The maximum Gasteiger partial charge on any atom is 0.321 e. The number of nitrogens with one attached hydrogen (secondary N) is 1. The van der Waals surface area contributed by atoms with Crippen molar-refractivity contribution in [2.75, 3.05) is 18.4 Å². The van der Waals surface area contributed by atoms with Gasteiger partial charge in [-0.1, -0.05) is 31.1 Å². The molecule has 1 fully saturated rings. The van der Waals surface area contributed by atoms with Gasteiger partial charge in [0, 0.05) is 24.7 Å². The molecule has 0 aliphatic carbocycles. The van der Waals surface area contributed by atoms with Gasteiger partial charge >= 0.3 is 6.03 Å². The third-order valence-corrected chi connectivity index (χ3v) is 3.76. The molecular formula is C16H20N4O2. The predicted molar refractivity (Wildman–Crippen MR) is 82.9 cm³/mol. The minimum atomic E-state index is -0.0922. The summed E-state index contributed by atoms with van der Waals surface area (Å²) in [6.07, 6.45) is 0. The second kappa shape index (κ2) is 5.79. The summed E-state index contributed by atoms with van der Waals surface area (Å²) in [5, 5.41) is 6.86. The summed E-state index contributed by atoms with van der Waals surface area (Å²) in [6, 6.07) is 7.66. The molecule has 1 aromatic carbocycles. The van der Waals surface area contributed by atoms with E-state index in [0.717, 1.165) is 17.1 Å². The average molecular weight is 300 g/mol. The Bertz CT molecular complexity index is 674. The average Bonchev–Trinajstić information content (AvgIpc) is 2.86. The number of hydrogen-bond acceptors (Lipinski definition) is 4. The molecule has 0 radical (unpaired) electrons. The van der Waals surface area contributed by atoms with Crippen molar-refractivity contribution in [3.8, 4) is 0 Å². The van der Waals surface area contributed by atoms with Gasteiger partial charge in [0.2, 0.25) is 5.89 Å². The van der Waals surface area contributed by atoms with E-state index in [1.54, 1.807) is 4.90 Å². The van der Waals surface area contributed by atoms with Gasteiger partial charge < -0.3 is 14.7 Å². The third kappa shape index (κ3) is 2.95. The summed E-state index contributed by atoms with van der Waals surface area (Å²) >= 11 is 0. The number of anilines is 1. The Morgan fingerprint density at radius 1 is 1.41 bits per heavy atom. The van der Waals surface area contributed by atoms with Crippen LogP contribution in [0.3, 0.4) is 0 Å². The summed E-state index contributed by atoms with van der Waals surface area (Å²) in [6.45, 7) is 7.26. The zero-order chi connectivity index (χ0) is 15.7. The van der Waals surface area contributed by atoms with Crippen molar-refractivity contribution in [1.82, 2.24) is 15.0 Å². The van der Waals surface area contributed by atoms with Crippen LogP contribution < -0.4 is 5.32 Å². The van der Waals surface area contributed by atoms with Gasteiger partial charge in [-0.05, 0) is 24.6 Å². The second-order valence-corrected chi connectivity index (χ2v) is 6.05. The Balaban J connectivity index is 1.55. The van der Waals surface area contributed by atoms with Crippen LogP contribution in [-0.2, 0) is 0 Å². The normalized spacial score (nSPS) is 15.0. The molecule has 116 valence electrons. The van der Waals surface area contributed by atoms with Gasteiger partial charge in [0.15, 0.2) is 5.82 Å². The van der Waals surface area contributed by atoms with Crippen molar-refractivity contribution in [3.05, 3.63) is 41.5 Å². The smallest absolute Gasteiger partial charge is 0.321 e. The highest BCUT2D eigenvalue weighted by Crippen LogP contribution is 2.27. The van der Waals surface area contributed by atoms with Crippen LogP contribution in [-0.4, -0.2) is 34.2 Å². The number of carbonyl (C=O) groups is 1. The molecule has 0 spiro atoms.